The van der Waals surface area contributed by atoms with Gasteiger partial charge in [-0.05, 0) is 45.2 Å². The number of nitrogens with one attached hydrogen (secondary N) is 2. The number of aromatic nitrogens is 4. The fourth-order valence-electron chi connectivity index (χ4n) is 5.19. The molecule has 0 spiro atoms. The van der Waals surface area contributed by atoms with E-state index in [1.165, 1.54) is 11.8 Å². The van der Waals surface area contributed by atoms with E-state index in [9.17, 15) is 14.7 Å². The first kappa shape index (κ1) is 33.1. The lowest BCUT2D eigenvalue weighted by molar-refractivity contribution is -0.268. The first-order valence-electron chi connectivity index (χ1n) is 15.1. The van der Waals surface area contributed by atoms with Crippen LogP contribution in [0.3, 0.4) is 0 Å². The smallest absolute Gasteiger partial charge is 0.325 e. The molecule has 242 valence electrons. The second-order valence-corrected chi connectivity index (χ2v) is 11.8. The van der Waals surface area contributed by atoms with E-state index in [2.05, 4.69) is 33.1 Å². The zero-order chi connectivity index (χ0) is 32.5. The van der Waals surface area contributed by atoms with Gasteiger partial charge in [0.25, 0.3) is 0 Å². The Hall–Kier alpha value is -4.30. The van der Waals surface area contributed by atoms with Gasteiger partial charge in [-0.1, -0.05) is 91.5 Å². The third-order valence-corrected chi connectivity index (χ3v) is 8.83. The number of nitrogens with zero attached hydrogens (tertiary/aromatic N) is 4. The molecule has 1 fully saturated rings. The van der Waals surface area contributed by atoms with Gasteiger partial charge < -0.3 is 30.0 Å². The van der Waals surface area contributed by atoms with Gasteiger partial charge in [0.1, 0.15) is 6.54 Å². The molecule has 1 aromatic heterocycles. The molecule has 0 radical (unpaired) electrons. The van der Waals surface area contributed by atoms with E-state index in [-0.39, 0.29) is 44.4 Å². The highest BCUT2D eigenvalue weighted by Gasteiger charge is 2.38. The van der Waals surface area contributed by atoms with E-state index < -0.39 is 18.3 Å². The van der Waals surface area contributed by atoms with Crippen LogP contribution in [0.4, 0.5) is 4.79 Å². The molecule has 13 heteroatoms. The number of carbonyl (C=O) groups excluding carboxylic acids is 2. The largest absolute Gasteiger partial charge is 0.465 e. The van der Waals surface area contributed by atoms with Crippen LogP contribution in [-0.2, 0) is 39.2 Å². The van der Waals surface area contributed by atoms with Gasteiger partial charge in [-0.3, -0.25) is 4.79 Å². The zero-order valence-electron chi connectivity index (χ0n) is 26.0. The molecular formula is C33H38N6O6S. The number of amides is 2. The van der Waals surface area contributed by atoms with E-state index in [1.807, 2.05) is 79.8 Å². The van der Waals surface area contributed by atoms with Crippen LogP contribution in [-0.4, -0.2) is 62.3 Å². The highest BCUT2D eigenvalue weighted by atomic mass is 32.2. The summed E-state index contributed by atoms with van der Waals surface area (Å²) in [6, 6.07) is 23.2. The summed E-state index contributed by atoms with van der Waals surface area (Å²) in [5, 5.41) is 27.3. The molecule has 1 aliphatic heterocycles. The van der Waals surface area contributed by atoms with E-state index in [0.29, 0.717) is 10.9 Å². The number of thioether (sulfide) groups is 1. The van der Waals surface area contributed by atoms with Crippen LogP contribution in [0.1, 0.15) is 48.5 Å². The quantitative estimate of drug-likeness (QED) is 0.150. The van der Waals surface area contributed by atoms with E-state index in [4.69, 9.17) is 14.2 Å². The maximum Gasteiger partial charge on any atom is 0.325 e. The van der Waals surface area contributed by atoms with Crippen LogP contribution in [0.2, 0.25) is 0 Å². The predicted molar refractivity (Wildman–Crippen MR) is 171 cm³/mol. The third-order valence-electron chi connectivity index (χ3n) is 7.73. The Labute approximate surface area is 271 Å². The van der Waals surface area contributed by atoms with Gasteiger partial charge in [0.05, 0.1) is 25.4 Å². The number of rotatable bonds is 12. The van der Waals surface area contributed by atoms with Crippen molar-refractivity contribution in [3.8, 4) is 11.1 Å². The molecule has 2 amide bonds. The highest BCUT2D eigenvalue weighted by molar-refractivity contribution is 7.99. The molecule has 0 aliphatic carbocycles. The maximum atomic E-state index is 12.3. The molecule has 1 aliphatic rings. The Kier molecular flexibility index (Phi) is 11.4. The van der Waals surface area contributed by atoms with Gasteiger partial charge >= 0.3 is 12.0 Å². The molecule has 1 saturated heterocycles. The SMILES string of the molecule is CCOC(=O)CNC(=O)NCc1ccccc1-c1ccc([C@@H]2O[C@H](CSc3nnnn3C)[C@H](C)[C@H](c3ccc(CO)cc3)O2)cc1. The summed E-state index contributed by atoms with van der Waals surface area (Å²) in [4.78, 5) is 23.8. The van der Waals surface area contributed by atoms with Crippen LogP contribution in [0.15, 0.2) is 78.0 Å². The zero-order valence-corrected chi connectivity index (χ0v) is 26.8. The lowest BCUT2D eigenvalue weighted by Crippen LogP contribution is -2.38. The number of benzene rings is 3. The Morgan fingerprint density at radius 1 is 1.00 bits per heavy atom. The van der Waals surface area contributed by atoms with Gasteiger partial charge in [0, 0.05) is 30.8 Å². The average Bonchev–Trinajstić information content (AvgIpc) is 3.50. The molecule has 4 atom stereocenters. The number of hydrogen-bond donors (Lipinski definition) is 3. The Bertz CT molecular complexity index is 1600. The summed E-state index contributed by atoms with van der Waals surface area (Å²) in [6.45, 7) is 4.14. The standard InChI is InChI=1S/C33H38N6O6S/c1-4-43-29(41)18-35-32(42)34-17-26-7-5-6-8-27(26)23-13-15-25(16-14-23)31-44-28(20-46-33-36-37-38-39(33)3)21(2)30(45-31)24-11-9-22(19-40)10-12-24/h5-16,21,28,30-31,40H,4,17-20H2,1-3H3,(H2,34,35,42)/t21-,28+,30+,31+/m0/s1. The van der Waals surface area contributed by atoms with Crippen molar-refractivity contribution in [2.75, 3.05) is 18.9 Å². The first-order valence-corrected chi connectivity index (χ1v) is 16.1. The number of aliphatic hydroxyl groups is 1. The van der Waals surface area contributed by atoms with Crippen LogP contribution in [0, 0.1) is 5.92 Å². The minimum Gasteiger partial charge on any atom is -0.465 e. The van der Waals surface area contributed by atoms with Crippen molar-refractivity contribution in [3.05, 3.63) is 95.1 Å². The normalized spacial score (nSPS) is 19.4. The van der Waals surface area contributed by atoms with Gasteiger partial charge in [0.15, 0.2) is 6.29 Å². The third kappa shape index (κ3) is 8.29. The van der Waals surface area contributed by atoms with Crippen LogP contribution in [0.25, 0.3) is 11.1 Å². The van der Waals surface area contributed by atoms with Crippen molar-refractivity contribution < 1.29 is 28.9 Å². The fraction of sp³-hybridized carbons (Fsp3) is 0.364. The summed E-state index contributed by atoms with van der Waals surface area (Å²) >= 11 is 1.53. The average molecular weight is 647 g/mol. The van der Waals surface area contributed by atoms with E-state index in [0.717, 1.165) is 33.4 Å². The van der Waals surface area contributed by atoms with Gasteiger partial charge in [-0.15, -0.1) is 5.10 Å². The summed E-state index contributed by atoms with van der Waals surface area (Å²) in [7, 11) is 1.81. The minimum absolute atomic E-state index is 0.0215. The van der Waals surface area contributed by atoms with Gasteiger partial charge in [-0.2, -0.15) is 0 Å². The number of aryl methyl sites for hydroxylation is 1. The first-order chi connectivity index (χ1) is 22.4. The maximum absolute atomic E-state index is 12.3. The lowest BCUT2D eigenvalue weighted by atomic mass is 9.91. The monoisotopic (exact) mass is 646 g/mol. The summed E-state index contributed by atoms with van der Waals surface area (Å²) in [5.41, 5.74) is 5.57. The summed E-state index contributed by atoms with van der Waals surface area (Å²) in [5.74, 6) is 0.169. The number of urea groups is 1. The summed E-state index contributed by atoms with van der Waals surface area (Å²) < 4.78 is 19.6. The van der Waals surface area contributed by atoms with Crippen LogP contribution >= 0.6 is 11.8 Å². The van der Waals surface area contributed by atoms with Crippen molar-refractivity contribution >= 4 is 23.8 Å². The molecular weight excluding hydrogens is 608 g/mol. The molecule has 3 N–H and O–H groups in total. The fourth-order valence-corrected chi connectivity index (χ4v) is 6.20. The van der Waals surface area contributed by atoms with E-state index >= 15 is 0 Å². The van der Waals surface area contributed by atoms with Crippen molar-refractivity contribution in [2.24, 2.45) is 13.0 Å². The Morgan fingerprint density at radius 3 is 2.43 bits per heavy atom. The number of esters is 1. The number of hydrogen-bond acceptors (Lipinski definition) is 10. The molecule has 4 aromatic rings. The molecule has 0 saturated carbocycles. The van der Waals surface area contributed by atoms with Crippen molar-refractivity contribution in [2.45, 2.75) is 50.7 Å². The highest BCUT2D eigenvalue weighted by Crippen LogP contribution is 2.43. The number of ether oxygens (including phenoxy) is 3. The molecule has 3 aromatic carbocycles. The number of aliphatic hydroxyl groups excluding tert-OH is 1. The van der Waals surface area contributed by atoms with Gasteiger partial charge in [-0.25, -0.2) is 9.48 Å². The van der Waals surface area contributed by atoms with Crippen LogP contribution in [0.5, 0.6) is 0 Å². The number of carbonyl (C=O) groups is 2. The molecule has 12 nitrogen and oxygen atoms in total. The minimum atomic E-state index is -0.615. The molecule has 46 heavy (non-hydrogen) atoms. The second kappa shape index (κ2) is 15.8. The number of tetrazole rings is 1. The lowest BCUT2D eigenvalue weighted by Gasteiger charge is -2.41. The molecule has 5 rings (SSSR count). The predicted octanol–water partition coefficient (Wildman–Crippen LogP) is 4.32. The van der Waals surface area contributed by atoms with Gasteiger partial charge in [0.2, 0.25) is 5.16 Å². The Morgan fingerprint density at radius 2 is 1.74 bits per heavy atom. The topological polar surface area (TPSA) is 150 Å². The summed E-state index contributed by atoms with van der Waals surface area (Å²) in [6.07, 6.45) is -1.02. The molecule has 0 unspecified atom stereocenters. The molecule has 2 heterocycles. The van der Waals surface area contributed by atoms with E-state index in [1.54, 1.807) is 11.6 Å². The van der Waals surface area contributed by atoms with Crippen molar-refractivity contribution in [1.29, 1.82) is 0 Å². The molecule has 0 bridgehead atoms. The van der Waals surface area contributed by atoms with Crippen LogP contribution < -0.4 is 10.6 Å². The van der Waals surface area contributed by atoms with Crippen molar-refractivity contribution in [3.63, 3.8) is 0 Å². The second-order valence-electron chi connectivity index (χ2n) is 10.8. The Balaban J connectivity index is 1.31. The van der Waals surface area contributed by atoms with Crippen molar-refractivity contribution in [1.82, 2.24) is 30.8 Å².